The molecule has 0 radical (unpaired) electrons. The molecule has 0 amide bonds. The van der Waals surface area contributed by atoms with Gasteiger partial charge in [-0.2, -0.15) is 0 Å². The first kappa shape index (κ1) is 28.7. The third-order valence-electron chi connectivity index (χ3n) is 10.3. The fourth-order valence-corrected chi connectivity index (χ4v) is 7.28. The highest BCUT2D eigenvalue weighted by molar-refractivity contribution is 5.78. The number of hydrogen-bond donors (Lipinski definition) is 0. The lowest BCUT2D eigenvalue weighted by Gasteiger charge is -2.36. The second-order valence-electron chi connectivity index (χ2n) is 12.7. The minimum atomic E-state index is -0.800. The number of rotatable bonds is 7. The zero-order valence-corrected chi connectivity index (χ0v) is 24.3. The Morgan fingerprint density at radius 3 is 2.40 bits per heavy atom. The Balaban J connectivity index is 1.25. The predicted octanol–water partition coefficient (Wildman–Crippen LogP) is 10.9. The third-order valence-corrected chi connectivity index (χ3v) is 10.3. The number of benzene rings is 2. The first-order chi connectivity index (χ1) is 19.2. The highest BCUT2D eigenvalue weighted by Gasteiger charge is 2.36. The summed E-state index contributed by atoms with van der Waals surface area (Å²) in [5, 5.41) is 0. The minimum Gasteiger partial charge on any atom is -0.206 e. The van der Waals surface area contributed by atoms with Gasteiger partial charge in [0.2, 0.25) is 0 Å². The van der Waals surface area contributed by atoms with Crippen molar-refractivity contribution in [2.45, 2.75) is 84.0 Å². The lowest BCUT2D eigenvalue weighted by atomic mass is 9.68. The van der Waals surface area contributed by atoms with Crippen molar-refractivity contribution in [3.8, 4) is 0 Å². The van der Waals surface area contributed by atoms with Crippen LogP contribution in [-0.2, 0) is 5.41 Å². The van der Waals surface area contributed by atoms with Crippen LogP contribution < -0.4 is 0 Å². The van der Waals surface area contributed by atoms with Crippen molar-refractivity contribution < 1.29 is 13.2 Å². The van der Waals surface area contributed by atoms with Crippen LogP contribution in [0.4, 0.5) is 13.2 Å². The molecular formula is C37H43F3. The molecule has 2 aromatic carbocycles. The van der Waals surface area contributed by atoms with Gasteiger partial charge in [-0.1, -0.05) is 81.3 Å². The summed E-state index contributed by atoms with van der Waals surface area (Å²) in [5.74, 6) is 0.489. The van der Waals surface area contributed by atoms with Crippen molar-refractivity contribution in [3.05, 3.63) is 107 Å². The molecule has 3 atom stereocenters. The first-order valence-corrected chi connectivity index (χ1v) is 15.2. The van der Waals surface area contributed by atoms with Crippen molar-refractivity contribution in [3.63, 3.8) is 0 Å². The maximum absolute atomic E-state index is 15.5. The Labute approximate surface area is 238 Å². The summed E-state index contributed by atoms with van der Waals surface area (Å²) in [6, 6.07) is 8.88. The molecule has 5 rings (SSSR count). The van der Waals surface area contributed by atoms with Gasteiger partial charge < -0.3 is 0 Å². The third kappa shape index (κ3) is 5.67. The monoisotopic (exact) mass is 544 g/mol. The summed E-state index contributed by atoms with van der Waals surface area (Å²) in [6.45, 7) is 9.32. The molecule has 0 spiro atoms. The van der Waals surface area contributed by atoms with E-state index in [1.807, 2.05) is 50.3 Å². The molecule has 40 heavy (non-hydrogen) atoms. The fourth-order valence-electron chi connectivity index (χ4n) is 7.28. The van der Waals surface area contributed by atoms with Gasteiger partial charge in [-0.3, -0.25) is 0 Å². The van der Waals surface area contributed by atoms with E-state index in [2.05, 4.69) is 12.7 Å². The van der Waals surface area contributed by atoms with Gasteiger partial charge in [0.05, 0.1) is 0 Å². The SMILES string of the molecule is C=CCCC1CCC(C2CC=C(c3ccc(C4=CC(C)C(C)(c5ccc(C)c(F)c5F)C=C4)c(F)c3)CC2)CC1. The molecular weight excluding hydrogens is 501 g/mol. The Kier molecular flexibility index (Phi) is 8.59. The second kappa shape index (κ2) is 12.0. The van der Waals surface area contributed by atoms with Crippen molar-refractivity contribution in [2.75, 3.05) is 0 Å². The largest absolute Gasteiger partial charge is 0.206 e. The van der Waals surface area contributed by atoms with Crippen molar-refractivity contribution in [1.29, 1.82) is 0 Å². The van der Waals surface area contributed by atoms with E-state index in [1.165, 1.54) is 44.1 Å². The average molecular weight is 545 g/mol. The van der Waals surface area contributed by atoms with Gasteiger partial charge in [-0.25, -0.2) is 13.2 Å². The molecule has 3 aliphatic rings. The predicted molar refractivity (Wildman–Crippen MR) is 161 cm³/mol. The van der Waals surface area contributed by atoms with Crippen LogP contribution in [-0.4, -0.2) is 0 Å². The van der Waals surface area contributed by atoms with Crippen LogP contribution in [0.1, 0.15) is 93.9 Å². The Morgan fingerprint density at radius 2 is 1.75 bits per heavy atom. The van der Waals surface area contributed by atoms with E-state index >= 15 is 4.39 Å². The molecule has 0 N–H and O–H groups in total. The smallest absolute Gasteiger partial charge is 0.163 e. The van der Waals surface area contributed by atoms with Crippen LogP contribution in [0.25, 0.3) is 11.1 Å². The Bertz CT molecular complexity index is 1340. The fraction of sp³-hybridized carbons (Fsp3) is 0.459. The topological polar surface area (TPSA) is 0 Å². The number of allylic oxidation sites excluding steroid dienone is 7. The van der Waals surface area contributed by atoms with Crippen LogP contribution in [0.5, 0.6) is 0 Å². The molecule has 2 aromatic rings. The molecule has 0 aromatic heterocycles. The Morgan fingerprint density at radius 1 is 0.975 bits per heavy atom. The summed E-state index contributed by atoms with van der Waals surface area (Å²) in [4.78, 5) is 0. The van der Waals surface area contributed by atoms with Crippen LogP contribution in [0.3, 0.4) is 0 Å². The molecule has 1 saturated carbocycles. The highest BCUT2D eigenvalue weighted by Crippen LogP contribution is 2.44. The zero-order chi connectivity index (χ0) is 28.4. The molecule has 0 saturated heterocycles. The highest BCUT2D eigenvalue weighted by atomic mass is 19.2. The molecule has 0 bridgehead atoms. The number of hydrogen-bond acceptors (Lipinski definition) is 0. The van der Waals surface area contributed by atoms with Crippen molar-refractivity contribution in [1.82, 2.24) is 0 Å². The van der Waals surface area contributed by atoms with Gasteiger partial charge in [0.25, 0.3) is 0 Å². The molecule has 212 valence electrons. The lowest BCUT2D eigenvalue weighted by molar-refractivity contribution is 0.190. The number of aryl methyl sites for hydroxylation is 1. The van der Waals surface area contributed by atoms with Crippen molar-refractivity contribution in [2.24, 2.45) is 23.7 Å². The molecule has 0 aliphatic heterocycles. The van der Waals surface area contributed by atoms with Gasteiger partial charge in [0.15, 0.2) is 11.6 Å². The zero-order valence-electron chi connectivity index (χ0n) is 24.3. The maximum Gasteiger partial charge on any atom is 0.163 e. The summed E-state index contributed by atoms with van der Waals surface area (Å²) in [5.41, 5.74) is 3.47. The summed E-state index contributed by atoms with van der Waals surface area (Å²) in [6.07, 6.45) is 21.3. The molecule has 3 aliphatic carbocycles. The average Bonchev–Trinajstić information content (AvgIpc) is 2.97. The van der Waals surface area contributed by atoms with E-state index < -0.39 is 17.0 Å². The van der Waals surface area contributed by atoms with Gasteiger partial charge in [-0.15, -0.1) is 6.58 Å². The quantitative estimate of drug-likeness (QED) is 0.304. The summed E-state index contributed by atoms with van der Waals surface area (Å²) >= 11 is 0. The molecule has 0 heterocycles. The van der Waals surface area contributed by atoms with E-state index in [0.717, 1.165) is 48.2 Å². The van der Waals surface area contributed by atoms with Crippen LogP contribution in [0.15, 0.2) is 67.3 Å². The molecule has 3 heteroatoms. The number of halogens is 3. The van der Waals surface area contributed by atoms with Crippen molar-refractivity contribution >= 4 is 11.1 Å². The van der Waals surface area contributed by atoms with E-state index in [1.54, 1.807) is 25.1 Å². The standard InChI is InChI=1S/C37H43F3/c1-5-6-7-26-9-11-27(12-10-26)28-13-15-29(16-14-28)30-17-18-32(34(38)23-30)31-20-21-37(4,25(3)22-31)33-19-8-24(2)35(39)36(33)40/h5,8,15,17-23,25-28H,1,6-7,9-14,16H2,2-4H3. The molecule has 0 nitrogen and oxygen atoms in total. The summed E-state index contributed by atoms with van der Waals surface area (Å²) in [7, 11) is 0. The summed E-state index contributed by atoms with van der Waals surface area (Å²) < 4.78 is 44.7. The second-order valence-corrected chi connectivity index (χ2v) is 12.7. The Hall–Kier alpha value is -2.81. The lowest BCUT2D eigenvalue weighted by Crippen LogP contribution is -2.30. The van der Waals surface area contributed by atoms with Crippen LogP contribution >= 0.6 is 0 Å². The van der Waals surface area contributed by atoms with Crippen LogP contribution in [0, 0.1) is 48.0 Å². The molecule has 1 fully saturated rings. The molecule has 3 unspecified atom stereocenters. The van der Waals surface area contributed by atoms with E-state index in [9.17, 15) is 8.78 Å². The van der Waals surface area contributed by atoms with E-state index in [4.69, 9.17) is 0 Å². The minimum absolute atomic E-state index is 0.141. The first-order valence-electron chi connectivity index (χ1n) is 15.2. The van der Waals surface area contributed by atoms with Gasteiger partial charge >= 0.3 is 0 Å². The maximum atomic E-state index is 15.5. The van der Waals surface area contributed by atoms with E-state index in [0.29, 0.717) is 16.7 Å². The normalized spacial score (nSPS) is 28.6. The van der Waals surface area contributed by atoms with Crippen LogP contribution in [0.2, 0.25) is 0 Å². The van der Waals surface area contributed by atoms with Gasteiger partial charge in [0, 0.05) is 16.5 Å². The van der Waals surface area contributed by atoms with Gasteiger partial charge in [-0.05, 0) is 104 Å². The van der Waals surface area contributed by atoms with E-state index in [-0.39, 0.29) is 11.7 Å². The van der Waals surface area contributed by atoms with Gasteiger partial charge in [0.1, 0.15) is 5.82 Å².